The number of allylic oxidation sites excluding steroid dienone is 1. The number of rotatable bonds is 8. The molecule has 0 aromatic heterocycles. The first-order valence-corrected chi connectivity index (χ1v) is 7.70. The van der Waals surface area contributed by atoms with Gasteiger partial charge in [-0.1, -0.05) is 75.5 Å². The number of unbranched alkanes of at least 4 members (excludes halogenated alkanes) is 7. The quantitative estimate of drug-likeness (QED) is 0.408. The van der Waals surface area contributed by atoms with Gasteiger partial charge in [-0.05, 0) is 12.8 Å². The highest BCUT2D eigenvalue weighted by atomic mass is 32.2. The molecule has 4 heteroatoms. The van der Waals surface area contributed by atoms with Crippen molar-refractivity contribution in [3.05, 3.63) is 11.0 Å². The first kappa shape index (κ1) is 14.7. The molecule has 0 saturated carbocycles. The summed E-state index contributed by atoms with van der Waals surface area (Å²) < 4.78 is 0.584. The zero-order valence-corrected chi connectivity index (χ0v) is 12.1. The van der Waals surface area contributed by atoms with Gasteiger partial charge in [0.05, 0.1) is 4.91 Å². The van der Waals surface area contributed by atoms with Crippen LogP contribution in [-0.2, 0) is 4.79 Å². The largest absolute Gasteiger partial charge is 0.307 e. The van der Waals surface area contributed by atoms with E-state index < -0.39 is 0 Å². The lowest BCUT2D eigenvalue weighted by Crippen LogP contribution is -2.17. The molecule has 0 aromatic rings. The molecule has 1 amide bonds. The normalized spacial score (nSPS) is 17.8. The van der Waals surface area contributed by atoms with Gasteiger partial charge in [-0.15, -0.1) is 0 Å². The van der Waals surface area contributed by atoms with Gasteiger partial charge in [-0.3, -0.25) is 4.79 Å². The maximum Gasteiger partial charge on any atom is 0.263 e. The zero-order valence-electron chi connectivity index (χ0n) is 10.5. The number of nitrogens with one attached hydrogen (secondary N) is 1. The number of thioether (sulfide) groups is 1. The van der Waals surface area contributed by atoms with Crippen LogP contribution in [0.2, 0.25) is 0 Å². The van der Waals surface area contributed by atoms with Gasteiger partial charge in [0.15, 0.2) is 0 Å². The van der Waals surface area contributed by atoms with E-state index in [1.54, 1.807) is 0 Å². The van der Waals surface area contributed by atoms with Gasteiger partial charge < -0.3 is 5.32 Å². The summed E-state index contributed by atoms with van der Waals surface area (Å²) in [6.07, 6.45) is 12.2. The Morgan fingerprint density at radius 2 is 1.82 bits per heavy atom. The Kier molecular flexibility index (Phi) is 7.53. The number of amides is 1. The Labute approximate surface area is 114 Å². The molecule has 1 saturated heterocycles. The fraction of sp³-hybridized carbons (Fsp3) is 0.692. The number of hydrogen-bond acceptors (Lipinski definition) is 3. The van der Waals surface area contributed by atoms with Gasteiger partial charge in [0.25, 0.3) is 5.91 Å². The van der Waals surface area contributed by atoms with Crippen LogP contribution in [0, 0.1) is 0 Å². The lowest BCUT2D eigenvalue weighted by atomic mass is 10.1. The molecule has 2 nitrogen and oxygen atoms in total. The topological polar surface area (TPSA) is 29.1 Å². The Bertz CT molecular complexity index is 300. The Hall–Kier alpha value is -0.350. The lowest BCUT2D eigenvalue weighted by Gasteiger charge is -1.99. The summed E-state index contributed by atoms with van der Waals surface area (Å²) in [6.45, 7) is 2.24. The maximum absolute atomic E-state index is 11.3. The van der Waals surface area contributed by atoms with Crippen molar-refractivity contribution in [1.82, 2.24) is 5.32 Å². The van der Waals surface area contributed by atoms with E-state index in [0.29, 0.717) is 4.32 Å². The molecule has 1 N–H and O–H groups in total. The molecule has 1 aliphatic heterocycles. The summed E-state index contributed by atoms with van der Waals surface area (Å²) in [5.74, 6) is -0.0251. The van der Waals surface area contributed by atoms with Crippen molar-refractivity contribution in [2.24, 2.45) is 0 Å². The fourth-order valence-corrected chi connectivity index (χ4v) is 2.85. The van der Waals surface area contributed by atoms with E-state index in [1.807, 2.05) is 6.08 Å². The van der Waals surface area contributed by atoms with Crippen LogP contribution >= 0.6 is 24.0 Å². The van der Waals surface area contributed by atoms with Crippen LogP contribution in [0.3, 0.4) is 0 Å². The third-order valence-corrected chi connectivity index (χ3v) is 3.99. The lowest BCUT2D eigenvalue weighted by molar-refractivity contribution is -0.115. The van der Waals surface area contributed by atoms with E-state index in [1.165, 1.54) is 56.7 Å². The minimum atomic E-state index is -0.0251. The molecule has 0 spiro atoms. The molecule has 0 radical (unpaired) electrons. The summed E-state index contributed by atoms with van der Waals surface area (Å²) in [6, 6.07) is 0. The first-order chi connectivity index (χ1) is 8.24. The molecule has 0 aromatic carbocycles. The maximum atomic E-state index is 11.3. The van der Waals surface area contributed by atoms with Crippen molar-refractivity contribution >= 4 is 34.2 Å². The molecule has 1 aliphatic rings. The average Bonchev–Trinajstić information content (AvgIpc) is 2.61. The van der Waals surface area contributed by atoms with Gasteiger partial charge in [0.1, 0.15) is 4.32 Å². The molecule has 0 unspecified atom stereocenters. The smallest absolute Gasteiger partial charge is 0.263 e. The van der Waals surface area contributed by atoms with Crippen LogP contribution < -0.4 is 5.32 Å². The van der Waals surface area contributed by atoms with Crippen LogP contribution in [0.15, 0.2) is 11.0 Å². The van der Waals surface area contributed by atoms with Crippen LogP contribution in [-0.4, -0.2) is 10.2 Å². The summed E-state index contributed by atoms with van der Waals surface area (Å²) in [5.41, 5.74) is 0. The number of thiocarbonyl (C=S) groups is 1. The minimum absolute atomic E-state index is 0.0251. The Morgan fingerprint density at radius 3 is 2.41 bits per heavy atom. The Morgan fingerprint density at radius 1 is 1.18 bits per heavy atom. The summed E-state index contributed by atoms with van der Waals surface area (Å²) >= 11 is 6.30. The third-order valence-electron chi connectivity index (χ3n) is 2.78. The van der Waals surface area contributed by atoms with E-state index in [2.05, 4.69) is 12.2 Å². The van der Waals surface area contributed by atoms with Gasteiger partial charge in [-0.2, -0.15) is 0 Å². The molecule has 1 rings (SSSR count). The zero-order chi connectivity index (χ0) is 12.5. The van der Waals surface area contributed by atoms with Gasteiger partial charge in [0.2, 0.25) is 0 Å². The monoisotopic (exact) mass is 271 g/mol. The minimum Gasteiger partial charge on any atom is -0.307 e. The second-order valence-corrected chi connectivity index (χ2v) is 6.04. The van der Waals surface area contributed by atoms with E-state index in [-0.39, 0.29) is 5.91 Å². The molecule has 1 fully saturated rings. The third kappa shape index (κ3) is 6.22. The van der Waals surface area contributed by atoms with Gasteiger partial charge >= 0.3 is 0 Å². The van der Waals surface area contributed by atoms with Crippen molar-refractivity contribution in [3.8, 4) is 0 Å². The summed E-state index contributed by atoms with van der Waals surface area (Å²) in [7, 11) is 0. The molecule has 96 valence electrons. The van der Waals surface area contributed by atoms with Crippen molar-refractivity contribution in [3.63, 3.8) is 0 Å². The highest BCUT2D eigenvalue weighted by Crippen LogP contribution is 2.24. The van der Waals surface area contributed by atoms with E-state index in [9.17, 15) is 4.79 Å². The van der Waals surface area contributed by atoms with Crippen molar-refractivity contribution in [2.45, 2.75) is 58.3 Å². The molecule has 0 atom stereocenters. The molecular formula is C13H21NOS2. The summed E-state index contributed by atoms with van der Waals surface area (Å²) in [5, 5.41) is 2.63. The fourth-order valence-electron chi connectivity index (χ4n) is 1.79. The second-order valence-electron chi connectivity index (χ2n) is 4.32. The predicted molar refractivity (Wildman–Crippen MR) is 79.0 cm³/mol. The van der Waals surface area contributed by atoms with Crippen LogP contribution in [0.25, 0.3) is 0 Å². The molecule has 0 aliphatic carbocycles. The van der Waals surface area contributed by atoms with E-state index in [4.69, 9.17) is 12.2 Å². The number of hydrogen-bond donors (Lipinski definition) is 1. The standard InChI is InChI=1S/C13H21NOS2/c1-2-3-4-5-6-7-8-9-10-11-12(15)14-13(16)17-11/h10H,2-9H2,1H3,(H,14,15,16)/b11-10-. The average molecular weight is 271 g/mol. The molecule has 17 heavy (non-hydrogen) atoms. The molecular weight excluding hydrogens is 250 g/mol. The summed E-state index contributed by atoms with van der Waals surface area (Å²) in [4.78, 5) is 12.1. The van der Waals surface area contributed by atoms with Crippen LogP contribution in [0.5, 0.6) is 0 Å². The number of carbonyl (C=O) groups is 1. The van der Waals surface area contributed by atoms with E-state index >= 15 is 0 Å². The van der Waals surface area contributed by atoms with E-state index in [0.717, 1.165) is 11.3 Å². The molecule has 1 heterocycles. The van der Waals surface area contributed by atoms with Crippen LogP contribution in [0.4, 0.5) is 0 Å². The van der Waals surface area contributed by atoms with Crippen molar-refractivity contribution in [1.29, 1.82) is 0 Å². The van der Waals surface area contributed by atoms with Gasteiger partial charge in [0, 0.05) is 0 Å². The van der Waals surface area contributed by atoms with Crippen LogP contribution in [0.1, 0.15) is 58.3 Å². The van der Waals surface area contributed by atoms with Crippen molar-refractivity contribution < 1.29 is 4.79 Å². The first-order valence-electron chi connectivity index (χ1n) is 6.47. The second kappa shape index (κ2) is 8.70. The number of carbonyl (C=O) groups excluding carboxylic acids is 1. The highest BCUT2D eigenvalue weighted by Gasteiger charge is 2.21. The highest BCUT2D eigenvalue weighted by molar-refractivity contribution is 8.26. The molecule has 0 bridgehead atoms. The van der Waals surface area contributed by atoms with Crippen molar-refractivity contribution in [2.75, 3.05) is 0 Å². The predicted octanol–water partition coefficient (Wildman–Crippen LogP) is 4.16. The Balaban J connectivity index is 2.02. The van der Waals surface area contributed by atoms with Gasteiger partial charge in [-0.25, -0.2) is 0 Å². The SMILES string of the molecule is CCCCCCCCC/C=C1\SC(=S)NC1=O.